The van der Waals surface area contributed by atoms with Crippen molar-refractivity contribution in [2.75, 3.05) is 0 Å². The lowest BCUT2D eigenvalue weighted by Crippen LogP contribution is -2.11. The van der Waals surface area contributed by atoms with Crippen molar-refractivity contribution in [1.29, 1.82) is 0 Å². The molecule has 1 N–H and O–H groups in total. The quantitative estimate of drug-likeness (QED) is 0.676. The molecule has 2 heteroatoms. The number of fused-ring (bicyclic) bond motifs is 1. The van der Waals surface area contributed by atoms with E-state index in [1.807, 2.05) is 6.20 Å². The van der Waals surface area contributed by atoms with Crippen LogP contribution in [-0.4, -0.2) is 10.2 Å². The predicted octanol–water partition coefficient (Wildman–Crippen LogP) is 3.17. The number of aryl methyl sites for hydroxylation is 1. The van der Waals surface area contributed by atoms with Gasteiger partial charge in [0.05, 0.1) is 11.7 Å². The van der Waals surface area contributed by atoms with Crippen molar-refractivity contribution in [3.63, 3.8) is 0 Å². The standard InChI is InChI=1S/C12H16N2/c1-8-5-9(12(2,3)4)6-11-10(8)7-13-14-11/h5-7H,1-4H3,(H,13,14). The zero-order chi connectivity index (χ0) is 10.3. The fraction of sp³-hybridized carbons (Fsp3) is 0.417. The molecule has 0 bridgehead atoms. The summed E-state index contributed by atoms with van der Waals surface area (Å²) < 4.78 is 0. The second-order valence-electron chi connectivity index (χ2n) is 4.87. The zero-order valence-corrected chi connectivity index (χ0v) is 9.18. The number of aromatic amines is 1. The Morgan fingerprint density at radius 2 is 1.93 bits per heavy atom. The molecule has 14 heavy (non-hydrogen) atoms. The first-order chi connectivity index (χ1) is 6.48. The fourth-order valence-electron chi connectivity index (χ4n) is 1.66. The summed E-state index contributed by atoms with van der Waals surface area (Å²) in [7, 11) is 0. The Morgan fingerprint density at radius 3 is 2.57 bits per heavy atom. The second-order valence-corrected chi connectivity index (χ2v) is 4.87. The minimum Gasteiger partial charge on any atom is -0.278 e. The summed E-state index contributed by atoms with van der Waals surface area (Å²) in [5.74, 6) is 0. The number of hydrogen-bond donors (Lipinski definition) is 1. The van der Waals surface area contributed by atoms with E-state index < -0.39 is 0 Å². The fourth-order valence-corrected chi connectivity index (χ4v) is 1.66. The van der Waals surface area contributed by atoms with Crippen LogP contribution in [0.2, 0.25) is 0 Å². The van der Waals surface area contributed by atoms with E-state index in [2.05, 4.69) is 50.0 Å². The molecule has 1 aromatic carbocycles. The summed E-state index contributed by atoms with van der Waals surface area (Å²) in [5, 5.41) is 8.30. The maximum Gasteiger partial charge on any atom is 0.0655 e. The number of hydrogen-bond acceptors (Lipinski definition) is 1. The highest BCUT2D eigenvalue weighted by molar-refractivity contribution is 5.82. The lowest BCUT2D eigenvalue weighted by atomic mass is 9.85. The highest BCUT2D eigenvalue weighted by atomic mass is 15.1. The van der Waals surface area contributed by atoms with E-state index in [4.69, 9.17) is 0 Å². The molecule has 0 atom stereocenters. The molecule has 0 aliphatic carbocycles. The molecule has 1 aromatic heterocycles. The van der Waals surface area contributed by atoms with E-state index >= 15 is 0 Å². The number of aromatic nitrogens is 2. The molecule has 0 saturated heterocycles. The van der Waals surface area contributed by atoms with E-state index in [9.17, 15) is 0 Å². The third-order valence-corrected chi connectivity index (χ3v) is 2.63. The zero-order valence-electron chi connectivity index (χ0n) is 9.18. The van der Waals surface area contributed by atoms with Gasteiger partial charge in [0.2, 0.25) is 0 Å². The van der Waals surface area contributed by atoms with Crippen molar-refractivity contribution in [2.45, 2.75) is 33.1 Å². The van der Waals surface area contributed by atoms with Gasteiger partial charge in [-0.25, -0.2) is 0 Å². The number of nitrogens with zero attached hydrogens (tertiary/aromatic N) is 1. The van der Waals surface area contributed by atoms with Crippen molar-refractivity contribution in [3.05, 3.63) is 29.5 Å². The third-order valence-electron chi connectivity index (χ3n) is 2.63. The van der Waals surface area contributed by atoms with Gasteiger partial charge in [-0.15, -0.1) is 0 Å². The van der Waals surface area contributed by atoms with Gasteiger partial charge in [0.15, 0.2) is 0 Å². The maximum atomic E-state index is 4.06. The van der Waals surface area contributed by atoms with Crippen LogP contribution in [0.25, 0.3) is 10.9 Å². The van der Waals surface area contributed by atoms with Gasteiger partial charge in [-0.2, -0.15) is 5.10 Å². The topological polar surface area (TPSA) is 28.7 Å². The molecule has 0 fully saturated rings. The SMILES string of the molecule is Cc1cc(C(C)(C)C)cc2[nH]ncc12. The molecule has 2 nitrogen and oxygen atoms in total. The highest BCUT2D eigenvalue weighted by Crippen LogP contribution is 2.27. The van der Waals surface area contributed by atoms with Crippen molar-refractivity contribution in [3.8, 4) is 0 Å². The van der Waals surface area contributed by atoms with Gasteiger partial charge in [0, 0.05) is 5.39 Å². The summed E-state index contributed by atoms with van der Waals surface area (Å²) in [6, 6.07) is 4.44. The average Bonchev–Trinajstić information content (AvgIpc) is 2.50. The van der Waals surface area contributed by atoms with Crippen molar-refractivity contribution >= 4 is 10.9 Å². The Bertz CT molecular complexity index is 461. The number of nitrogens with one attached hydrogen (secondary N) is 1. The molecule has 1 heterocycles. The van der Waals surface area contributed by atoms with Crippen LogP contribution in [0.3, 0.4) is 0 Å². The molecule has 0 aliphatic rings. The van der Waals surface area contributed by atoms with Gasteiger partial charge in [-0.3, -0.25) is 5.10 Å². The minimum absolute atomic E-state index is 0.198. The molecule has 2 aromatic rings. The Morgan fingerprint density at radius 1 is 1.21 bits per heavy atom. The van der Waals surface area contributed by atoms with Crippen LogP contribution in [-0.2, 0) is 5.41 Å². The maximum absolute atomic E-state index is 4.06. The Kier molecular flexibility index (Phi) is 1.88. The van der Waals surface area contributed by atoms with Gasteiger partial charge in [-0.05, 0) is 29.5 Å². The summed E-state index contributed by atoms with van der Waals surface area (Å²) in [6.45, 7) is 8.81. The van der Waals surface area contributed by atoms with Crippen LogP contribution in [0.15, 0.2) is 18.3 Å². The summed E-state index contributed by atoms with van der Waals surface area (Å²) in [4.78, 5) is 0. The van der Waals surface area contributed by atoms with Crippen LogP contribution in [0.5, 0.6) is 0 Å². The minimum atomic E-state index is 0.198. The van der Waals surface area contributed by atoms with Crippen LogP contribution < -0.4 is 0 Å². The Hall–Kier alpha value is -1.31. The molecular weight excluding hydrogens is 172 g/mol. The van der Waals surface area contributed by atoms with Gasteiger partial charge < -0.3 is 0 Å². The summed E-state index contributed by atoms with van der Waals surface area (Å²) >= 11 is 0. The normalized spacial score (nSPS) is 12.3. The molecule has 0 radical (unpaired) electrons. The third kappa shape index (κ3) is 1.41. The van der Waals surface area contributed by atoms with Gasteiger partial charge in [0.1, 0.15) is 0 Å². The lowest BCUT2D eigenvalue weighted by molar-refractivity contribution is 0.590. The van der Waals surface area contributed by atoms with Gasteiger partial charge >= 0.3 is 0 Å². The first-order valence-corrected chi connectivity index (χ1v) is 4.93. The van der Waals surface area contributed by atoms with E-state index in [0.717, 1.165) is 5.52 Å². The molecule has 2 rings (SSSR count). The highest BCUT2D eigenvalue weighted by Gasteiger charge is 2.15. The Balaban J connectivity index is 2.70. The molecule has 0 amide bonds. The van der Waals surface area contributed by atoms with Crippen molar-refractivity contribution in [1.82, 2.24) is 10.2 Å². The first kappa shape index (κ1) is 9.25. The van der Waals surface area contributed by atoms with Crippen LogP contribution >= 0.6 is 0 Å². The largest absolute Gasteiger partial charge is 0.278 e. The van der Waals surface area contributed by atoms with E-state index in [1.165, 1.54) is 16.5 Å². The number of benzene rings is 1. The molecule has 74 valence electrons. The Labute approximate surface area is 84.3 Å². The summed E-state index contributed by atoms with van der Waals surface area (Å²) in [5.41, 5.74) is 3.98. The van der Waals surface area contributed by atoms with Gasteiger partial charge in [-0.1, -0.05) is 26.8 Å². The lowest BCUT2D eigenvalue weighted by Gasteiger charge is -2.19. The number of H-pyrrole nitrogens is 1. The van der Waals surface area contributed by atoms with Crippen LogP contribution in [0.4, 0.5) is 0 Å². The average molecular weight is 188 g/mol. The second kappa shape index (κ2) is 2.84. The molecule has 0 aliphatic heterocycles. The van der Waals surface area contributed by atoms with Crippen LogP contribution in [0, 0.1) is 6.92 Å². The van der Waals surface area contributed by atoms with Gasteiger partial charge in [0.25, 0.3) is 0 Å². The summed E-state index contributed by atoms with van der Waals surface area (Å²) in [6.07, 6.45) is 1.89. The number of rotatable bonds is 0. The molecule has 0 unspecified atom stereocenters. The van der Waals surface area contributed by atoms with E-state index in [1.54, 1.807) is 0 Å². The molecular formula is C12H16N2. The van der Waals surface area contributed by atoms with Crippen molar-refractivity contribution < 1.29 is 0 Å². The van der Waals surface area contributed by atoms with E-state index in [-0.39, 0.29) is 5.41 Å². The molecule has 0 saturated carbocycles. The molecule has 0 spiro atoms. The predicted molar refractivity (Wildman–Crippen MR) is 59.5 cm³/mol. The smallest absolute Gasteiger partial charge is 0.0655 e. The monoisotopic (exact) mass is 188 g/mol. The van der Waals surface area contributed by atoms with Crippen molar-refractivity contribution in [2.24, 2.45) is 0 Å². The van der Waals surface area contributed by atoms with Crippen LogP contribution in [0.1, 0.15) is 31.9 Å². The van der Waals surface area contributed by atoms with E-state index in [0.29, 0.717) is 0 Å². The first-order valence-electron chi connectivity index (χ1n) is 4.93.